The van der Waals surface area contributed by atoms with Crippen LogP contribution in [0.5, 0.6) is 0 Å². The van der Waals surface area contributed by atoms with E-state index in [-0.39, 0.29) is 11.7 Å². The maximum absolute atomic E-state index is 13.1. The minimum Gasteiger partial charge on any atom is -0.350 e. The molecule has 0 spiro atoms. The molecule has 0 unspecified atom stereocenters. The van der Waals surface area contributed by atoms with Crippen LogP contribution in [0, 0.1) is 5.82 Å². The van der Waals surface area contributed by atoms with Crippen molar-refractivity contribution in [1.29, 1.82) is 0 Å². The van der Waals surface area contributed by atoms with Crippen molar-refractivity contribution in [3.05, 3.63) is 64.9 Å². The lowest BCUT2D eigenvalue weighted by Gasteiger charge is -2.03. The molecule has 0 saturated heterocycles. The molecule has 4 nitrogen and oxygen atoms in total. The third-order valence-corrected chi connectivity index (χ3v) is 4.09. The normalized spacial score (nSPS) is 10.6. The van der Waals surface area contributed by atoms with Crippen molar-refractivity contribution >= 4 is 17.2 Å². The molecule has 22 heavy (non-hydrogen) atoms. The molecule has 2 aromatic heterocycles. The summed E-state index contributed by atoms with van der Waals surface area (Å²) in [7, 11) is 0. The zero-order chi connectivity index (χ0) is 15.4. The first-order valence-electron chi connectivity index (χ1n) is 6.84. The number of amides is 1. The number of aromatic amines is 1. The van der Waals surface area contributed by atoms with Crippen LogP contribution >= 0.6 is 11.3 Å². The summed E-state index contributed by atoms with van der Waals surface area (Å²) in [6.07, 6.45) is 0.575. The van der Waals surface area contributed by atoms with E-state index in [0.717, 1.165) is 16.1 Å². The molecule has 112 valence electrons. The van der Waals surface area contributed by atoms with Crippen LogP contribution in [-0.2, 0) is 6.42 Å². The molecule has 1 aromatic carbocycles. The molecule has 0 radical (unpaired) electrons. The number of carbonyl (C=O) groups excluding carboxylic acids is 1. The third kappa shape index (κ3) is 3.40. The molecule has 2 N–H and O–H groups in total. The highest BCUT2D eigenvalue weighted by atomic mass is 32.1. The van der Waals surface area contributed by atoms with Crippen LogP contribution in [0.15, 0.2) is 47.8 Å². The van der Waals surface area contributed by atoms with Crippen molar-refractivity contribution in [2.75, 3.05) is 6.54 Å². The number of carbonyl (C=O) groups is 1. The first-order valence-corrected chi connectivity index (χ1v) is 7.72. The predicted octanol–water partition coefficient (Wildman–Crippen LogP) is 3.25. The Morgan fingerprint density at radius 1 is 1.27 bits per heavy atom. The molecule has 3 aromatic rings. The van der Waals surface area contributed by atoms with Gasteiger partial charge in [0.15, 0.2) is 5.69 Å². The molecule has 0 aliphatic rings. The fourth-order valence-electron chi connectivity index (χ4n) is 2.10. The van der Waals surface area contributed by atoms with Gasteiger partial charge in [-0.1, -0.05) is 18.2 Å². The number of nitrogens with one attached hydrogen (secondary N) is 2. The number of nitrogens with zero attached hydrogens (tertiary/aromatic N) is 1. The van der Waals surface area contributed by atoms with E-state index in [1.54, 1.807) is 23.5 Å². The summed E-state index contributed by atoms with van der Waals surface area (Å²) in [5.41, 5.74) is 2.02. The maximum atomic E-state index is 13.1. The van der Waals surface area contributed by atoms with E-state index < -0.39 is 0 Å². The van der Waals surface area contributed by atoms with Crippen LogP contribution in [-0.4, -0.2) is 22.6 Å². The van der Waals surface area contributed by atoms with Gasteiger partial charge in [-0.2, -0.15) is 5.10 Å². The van der Waals surface area contributed by atoms with Crippen LogP contribution < -0.4 is 5.32 Å². The van der Waals surface area contributed by atoms with E-state index in [4.69, 9.17) is 0 Å². The van der Waals surface area contributed by atoms with Gasteiger partial charge < -0.3 is 5.32 Å². The Kier molecular flexibility index (Phi) is 4.29. The summed E-state index contributed by atoms with van der Waals surface area (Å²) >= 11 is 1.58. The molecule has 0 fully saturated rings. The SMILES string of the molecule is O=C(NCCc1cccc(F)c1)c1cc(-c2cccs2)[nH]n1. The highest BCUT2D eigenvalue weighted by molar-refractivity contribution is 7.13. The quantitative estimate of drug-likeness (QED) is 0.759. The summed E-state index contributed by atoms with van der Waals surface area (Å²) in [4.78, 5) is 13.1. The highest BCUT2D eigenvalue weighted by Gasteiger charge is 2.11. The second-order valence-electron chi connectivity index (χ2n) is 4.78. The average molecular weight is 315 g/mol. The largest absolute Gasteiger partial charge is 0.350 e. The smallest absolute Gasteiger partial charge is 0.271 e. The van der Waals surface area contributed by atoms with Crippen LogP contribution in [0.4, 0.5) is 4.39 Å². The van der Waals surface area contributed by atoms with Crippen LogP contribution in [0.25, 0.3) is 10.6 Å². The Hall–Kier alpha value is -2.47. The van der Waals surface area contributed by atoms with Crippen molar-refractivity contribution in [1.82, 2.24) is 15.5 Å². The van der Waals surface area contributed by atoms with Crippen molar-refractivity contribution in [3.8, 4) is 10.6 Å². The number of H-pyrrole nitrogens is 1. The standard InChI is InChI=1S/C16H14FN3OS/c17-12-4-1-3-11(9-12)6-7-18-16(21)14-10-13(19-20-14)15-5-2-8-22-15/h1-5,8-10H,6-7H2,(H,18,21)(H,19,20). The Morgan fingerprint density at radius 2 is 2.18 bits per heavy atom. The van der Waals surface area contributed by atoms with Crippen molar-refractivity contribution < 1.29 is 9.18 Å². The number of benzene rings is 1. The first kappa shape index (κ1) is 14.5. The van der Waals surface area contributed by atoms with Crippen LogP contribution in [0.2, 0.25) is 0 Å². The Balaban J connectivity index is 1.56. The lowest BCUT2D eigenvalue weighted by molar-refractivity contribution is 0.0949. The molecule has 0 atom stereocenters. The van der Waals surface area contributed by atoms with Gasteiger partial charge in [-0.25, -0.2) is 4.39 Å². The van der Waals surface area contributed by atoms with Gasteiger partial charge in [0.25, 0.3) is 5.91 Å². The van der Waals surface area contributed by atoms with Crippen LogP contribution in [0.3, 0.4) is 0 Å². The highest BCUT2D eigenvalue weighted by Crippen LogP contribution is 2.22. The molecule has 0 bridgehead atoms. The zero-order valence-corrected chi connectivity index (χ0v) is 12.5. The number of hydrogen-bond acceptors (Lipinski definition) is 3. The van der Waals surface area contributed by atoms with Gasteiger partial charge in [0.05, 0.1) is 10.6 Å². The number of rotatable bonds is 5. The number of aromatic nitrogens is 2. The molecule has 3 rings (SSSR count). The minimum absolute atomic E-state index is 0.240. The molecular formula is C16H14FN3OS. The second-order valence-corrected chi connectivity index (χ2v) is 5.73. The third-order valence-electron chi connectivity index (χ3n) is 3.19. The monoisotopic (exact) mass is 315 g/mol. The molecule has 0 aliphatic heterocycles. The van der Waals surface area contributed by atoms with E-state index in [0.29, 0.717) is 18.7 Å². The van der Waals surface area contributed by atoms with Gasteiger partial charge in [-0.05, 0) is 41.6 Å². The molecule has 2 heterocycles. The van der Waals surface area contributed by atoms with Crippen molar-refractivity contribution in [3.63, 3.8) is 0 Å². The maximum Gasteiger partial charge on any atom is 0.271 e. The number of thiophene rings is 1. The van der Waals surface area contributed by atoms with E-state index in [1.807, 2.05) is 23.6 Å². The molecule has 0 aliphatic carbocycles. The second kappa shape index (κ2) is 6.53. The van der Waals surface area contributed by atoms with E-state index in [1.165, 1.54) is 12.1 Å². The van der Waals surface area contributed by atoms with Gasteiger partial charge in [0, 0.05) is 6.54 Å². The lowest BCUT2D eigenvalue weighted by Crippen LogP contribution is -2.26. The summed E-state index contributed by atoms with van der Waals surface area (Å²) < 4.78 is 13.1. The zero-order valence-electron chi connectivity index (χ0n) is 11.7. The van der Waals surface area contributed by atoms with Crippen LogP contribution in [0.1, 0.15) is 16.1 Å². The van der Waals surface area contributed by atoms with E-state index >= 15 is 0 Å². The summed E-state index contributed by atoms with van der Waals surface area (Å²) in [6, 6.07) is 12.0. The number of halogens is 1. The average Bonchev–Trinajstić information content (AvgIpc) is 3.18. The topological polar surface area (TPSA) is 57.8 Å². The van der Waals surface area contributed by atoms with Gasteiger partial charge in [-0.15, -0.1) is 11.3 Å². The fraction of sp³-hybridized carbons (Fsp3) is 0.125. The summed E-state index contributed by atoms with van der Waals surface area (Å²) in [5.74, 6) is -0.507. The first-order chi connectivity index (χ1) is 10.7. The molecule has 1 amide bonds. The van der Waals surface area contributed by atoms with Crippen molar-refractivity contribution in [2.45, 2.75) is 6.42 Å². The van der Waals surface area contributed by atoms with E-state index in [9.17, 15) is 9.18 Å². The van der Waals surface area contributed by atoms with Crippen molar-refractivity contribution in [2.24, 2.45) is 0 Å². The summed E-state index contributed by atoms with van der Waals surface area (Å²) in [5, 5.41) is 11.6. The van der Waals surface area contributed by atoms with Gasteiger partial charge in [0.1, 0.15) is 5.82 Å². The molecular weight excluding hydrogens is 301 g/mol. The Bertz CT molecular complexity index is 767. The fourth-order valence-corrected chi connectivity index (χ4v) is 2.79. The molecule has 0 saturated carbocycles. The molecule has 6 heteroatoms. The Morgan fingerprint density at radius 3 is 2.95 bits per heavy atom. The van der Waals surface area contributed by atoms with Gasteiger partial charge in [-0.3, -0.25) is 9.89 Å². The van der Waals surface area contributed by atoms with Gasteiger partial charge in [0.2, 0.25) is 0 Å². The predicted molar refractivity (Wildman–Crippen MR) is 84.3 cm³/mol. The summed E-state index contributed by atoms with van der Waals surface area (Å²) in [6.45, 7) is 0.434. The minimum atomic E-state index is -0.267. The van der Waals surface area contributed by atoms with E-state index in [2.05, 4.69) is 15.5 Å². The van der Waals surface area contributed by atoms with Gasteiger partial charge >= 0.3 is 0 Å². The Labute approximate surface area is 131 Å². The lowest BCUT2D eigenvalue weighted by atomic mass is 10.1. The number of hydrogen-bond donors (Lipinski definition) is 2.